The predicted octanol–water partition coefficient (Wildman–Crippen LogP) is 1.50. The molecular weight excluding hydrogens is 264 g/mol. The maximum atomic E-state index is 8.88. The Balaban J connectivity index is 1.83. The fraction of sp³-hybridized carbons (Fsp3) is 0.625. The highest BCUT2D eigenvalue weighted by Gasteiger charge is 2.48. The summed E-state index contributed by atoms with van der Waals surface area (Å²) in [5.41, 5.74) is 0.917. The first-order chi connectivity index (χ1) is 10.1. The number of likely N-dealkylation sites (N-methyl/N-ethyl adjacent to an activating group) is 1. The summed E-state index contributed by atoms with van der Waals surface area (Å²) in [7, 11) is 4.33. The Hall–Kier alpha value is -1.64. The first-order valence-corrected chi connectivity index (χ1v) is 7.50. The van der Waals surface area contributed by atoms with Gasteiger partial charge in [-0.1, -0.05) is 0 Å². The second kappa shape index (κ2) is 5.63. The van der Waals surface area contributed by atoms with E-state index in [0.29, 0.717) is 17.0 Å². The third-order valence-corrected chi connectivity index (χ3v) is 4.92. The molecule has 3 rings (SSSR count). The fourth-order valence-electron chi connectivity index (χ4n) is 3.75. The van der Waals surface area contributed by atoms with E-state index in [1.165, 1.54) is 0 Å². The molecule has 1 aromatic rings. The Kier molecular flexibility index (Phi) is 3.83. The lowest BCUT2D eigenvalue weighted by molar-refractivity contribution is -0.00578. The molecule has 2 fully saturated rings. The molecular formula is C16H22N4O. The van der Waals surface area contributed by atoms with Crippen LogP contribution in [0, 0.1) is 16.7 Å². The molecule has 0 radical (unpaired) electrons. The number of nitrogens with zero attached hydrogens (tertiary/aromatic N) is 4. The molecule has 112 valence electrons. The average molecular weight is 286 g/mol. The van der Waals surface area contributed by atoms with E-state index in [4.69, 9.17) is 10.00 Å². The second-order valence-electron chi connectivity index (χ2n) is 6.35. The molecule has 0 amide bonds. The van der Waals surface area contributed by atoms with Crippen molar-refractivity contribution >= 4 is 5.82 Å². The van der Waals surface area contributed by atoms with Crippen LogP contribution in [0.25, 0.3) is 0 Å². The van der Waals surface area contributed by atoms with E-state index in [9.17, 15) is 0 Å². The molecule has 0 saturated carbocycles. The molecule has 3 heterocycles. The minimum absolute atomic E-state index is 0.303. The van der Waals surface area contributed by atoms with E-state index in [2.05, 4.69) is 34.9 Å². The van der Waals surface area contributed by atoms with Crippen molar-refractivity contribution in [1.82, 2.24) is 9.88 Å². The highest BCUT2D eigenvalue weighted by atomic mass is 16.5. The van der Waals surface area contributed by atoms with Gasteiger partial charge in [-0.2, -0.15) is 5.26 Å². The van der Waals surface area contributed by atoms with Crippen LogP contribution in [-0.2, 0) is 4.74 Å². The van der Waals surface area contributed by atoms with Gasteiger partial charge in [-0.05, 0) is 39.1 Å². The van der Waals surface area contributed by atoms with E-state index in [0.717, 1.165) is 45.0 Å². The van der Waals surface area contributed by atoms with Gasteiger partial charge in [-0.15, -0.1) is 0 Å². The van der Waals surface area contributed by atoms with Gasteiger partial charge < -0.3 is 14.5 Å². The van der Waals surface area contributed by atoms with Crippen molar-refractivity contribution in [2.75, 3.05) is 45.3 Å². The molecule has 1 unspecified atom stereocenters. The SMILES string of the molecule is CN(C)C1CN(c2ccc(C#N)cn2)CC12CCOCC2. The molecule has 21 heavy (non-hydrogen) atoms. The zero-order chi connectivity index (χ0) is 14.9. The maximum Gasteiger partial charge on any atom is 0.128 e. The lowest BCUT2D eigenvalue weighted by atomic mass is 9.75. The van der Waals surface area contributed by atoms with Gasteiger partial charge in [-0.25, -0.2) is 4.98 Å². The van der Waals surface area contributed by atoms with Gasteiger partial charge in [0.25, 0.3) is 0 Å². The molecule has 2 aliphatic rings. The molecule has 0 bridgehead atoms. The topological polar surface area (TPSA) is 52.4 Å². The molecule has 0 aromatic carbocycles. The van der Waals surface area contributed by atoms with E-state index in [-0.39, 0.29) is 0 Å². The monoisotopic (exact) mass is 286 g/mol. The third kappa shape index (κ3) is 2.61. The lowest BCUT2D eigenvalue weighted by Gasteiger charge is -2.40. The Morgan fingerprint density at radius 1 is 1.38 bits per heavy atom. The number of anilines is 1. The highest BCUT2D eigenvalue weighted by Crippen LogP contribution is 2.42. The van der Waals surface area contributed by atoms with E-state index < -0.39 is 0 Å². The highest BCUT2D eigenvalue weighted by molar-refractivity contribution is 5.44. The molecule has 1 spiro atoms. The Bertz CT molecular complexity index is 528. The van der Waals surface area contributed by atoms with Crippen LogP contribution in [0.1, 0.15) is 18.4 Å². The summed E-state index contributed by atoms with van der Waals surface area (Å²) in [6.45, 7) is 3.74. The van der Waals surface area contributed by atoms with Gasteiger partial charge in [-0.3, -0.25) is 0 Å². The van der Waals surface area contributed by atoms with E-state index in [1.807, 2.05) is 12.1 Å². The summed E-state index contributed by atoms with van der Waals surface area (Å²) >= 11 is 0. The zero-order valence-electron chi connectivity index (χ0n) is 12.7. The van der Waals surface area contributed by atoms with Crippen molar-refractivity contribution in [3.8, 4) is 6.07 Å². The number of nitriles is 1. The van der Waals surface area contributed by atoms with Crippen LogP contribution in [0.3, 0.4) is 0 Å². The van der Waals surface area contributed by atoms with Gasteiger partial charge in [0.2, 0.25) is 0 Å². The third-order valence-electron chi connectivity index (χ3n) is 4.92. The van der Waals surface area contributed by atoms with Gasteiger partial charge in [0.05, 0.1) is 5.56 Å². The summed E-state index contributed by atoms with van der Waals surface area (Å²) in [5, 5.41) is 8.88. The van der Waals surface area contributed by atoms with Gasteiger partial charge in [0.15, 0.2) is 0 Å². The molecule has 0 aliphatic carbocycles. The number of aromatic nitrogens is 1. The van der Waals surface area contributed by atoms with Crippen molar-refractivity contribution in [2.45, 2.75) is 18.9 Å². The number of ether oxygens (including phenoxy) is 1. The summed E-state index contributed by atoms with van der Waals surface area (Å²) in [6.07, 6.45) is 3.89. The zero-order valence-corrected chi connectivity index (χ0v) is 12.7. The Morgan fingerprint density at radius 3 is 2.71 bits per heavy atom. The number of hydrogen-bond donors (Lipinski definition) is 0. The van der Waals surface area contributed by atoms with Crippen molar-refractivity contribution in [3.05, 3.63) is 23.9 Å². The molecule has 2 aliphatic heterocycles. The molecule has 1 aromatic heterocycles. The molecule has 2 saturated heterocycles. The Labute approximate surface area is 126 Å². The normalized spacial score (nSPS) is 24.5. The van der Waals surface area contributed by atoms with Crippen LogP contribution in [0.4, 0.5) is 5.82 Å². The minimum Gasteiger partial charge on any atom is -0.381 e. The molecule has 5 heteroatoms. The summed E-state index contributed by atoms with van der Waals surface area (Å²) in [6, 6.07) is 6.46. The fourth-order valence-corrected chi connectivity index (χ4v) is 3.75. The standard InChI is InChI=1S/C16H22N4O/c1-19(2)14-11-20(12-16(14)5-7-21-8-6-16)15-4-3-13(9-17)10-18-15/h3-4,10,14H,5-8,11-12H2,1-2H3. The molecule has 5 nitrogen and oxygen atoms in total. The maximum absolute atomic E-state index is 8.88. The average Bonchev–Trinajstić information content (AvgIpc) is 2.87. The van der Waals surface area contributed by atoms with Crippen LogP contribution in [0.5, 0.6) is 0 Å². The number of rotatable bonds is 2. The number of hydrogen-bond acceptors (Lipinski definition) is 5. The predicted molar refractivity (Wildman–Crippen MR) is 81.1 cm³/mol. The lowest BCUT2D eigenvalue weighted by Crippen LogP contribution is -2.46. The van der Waals surface area contributed by atoms with Crippen LogP contribution < -0.4 is 4.90 Å². The van der Waals surface area contributed by atoms with Crippen molar-refractivity contribution in [1.29, 1.82) is 5.26 Å². The van der Waals surface area contributed by atoms with Gasteiger partial charge in [0, 0.05) is 44.0 Å². The van der Waals surface area contributed by atoms with E-state index in [1.54, 1.807) is 6.20 Å². The molecule has 1 atom stereocenters. The first kappa shape index (κ1) is 14.3. The quantitative estimate of drug-likeness (QED) is 0.824. The van der Waals surface area contributed by atoms with Crippen LogP contribution >= 0.6 is 0 Å². The van der Waals surface area contributed by atoms with Crippen molar-refractivity contribution in [2.24, 2.45) is 5.41 Å². The van der Waals surface area contributed by atoms with Crippen LogP contribution in [-0.4, -0.2) is 56.3 Å². The van der Waals surface area contributed by atoms with E-state index >= 15 is 0 Å². The number of pyridine rings is 1. The smallest absolute Gasteiger partial charge is 0.128 e. The summed E-state index contributed by atoms with van der Waals surface area (Å²) in [4.78, 5) is 9.16. The minimum atomic E-state index is 0.303. The summed E-state index contributed by atoms with van der Waals surface area (Å²) < 4.78 is 5.57. The second-order valence-corrected chi connectivity index (χ2v) is 6.35. The molecule has 0 N–H and O–H groups in total. The van der Waals surface area contributed by atoms with Gasteiger partial charge >= 0.3 is 0 Å². The van der Waals surface area contributed by atoms with Crippen LogP contribution in [0.15, 0.2) is 18.3 Å². The Morgan fingerprint density at radius 2 is 2.14 bits per heavy atom. The van der Waals surface area contributed by atoms with Crippen molar-refractivity contribution in [3.63, 3.8) is 0 Å². The first-order valence-electron chi connectivity index (χ1n) is 7.50. The van der Waals surface area contributed by atoms with Crippen LogP contribution in [0.2, 0.25) is 0 Å². The summed E-state index contributed by atoms with van der Waals surface area (Å²) in [5.74, 6) is 0.976. The van der Waals surface area contributed by atoms with Crippen molar-refractivity contribution < 1.29 is 4.74 Å². The van der Waals surface area contributed by atoms with Gasteiger partial charge in [0.1, 0.15) is 11.9 Å². The largest absolute Gasteiger partial charge is 0.381 e.